The average molecular weight is 212 g/mol. The quantitative estimate of drug-likeness (QED) is 0.411. The van der Waals surface area contributed by atoms with Crippen LogP contribution in [0.1, 0.15) is 33.1 Å². The highest BCUT2D eigenvalue weighted by Crippen LogP contribution is 2.22. The molecule has 2 atom stereocenters. The van der Waals surface area contributed by atoms with Crippen LogP contribution in [-0.2, 0) is 0 Å². The van der Waals surface area contributed by atoms with Gasteiger partial charge in [0.15, 0.2) is 5.96 Å². The molecule has 2 unspecified atom stereocenters. The summed E-state index contributed by atoms with van der Waals surface area (Å²) in [5, 5.41) is 6.20. The fourth-order valence-corrected chi connectivity index (χ4v) is 1.88. The van der Waals surface area contributed by atoms with E-state index in [1.165, 1.54) is 6.42 Å². The Morgan fingerprint density at radius 3 is 2.13 bits per heavy atom. The SMILES string of the molecule is CC1CCCC(C)N1/N=C(\N)N=C(N)N. The predicted molar refractivity (Wildman–Crippen MR) is 62.0 cm³/mol. The number of rotatable bonds is 1. The molecular weight excluding hydrogens is 192 g/mol. The summed E-state index contributed by atoms with van der Waals surface area (Å²) in [4.78, 5) is 3.70. The monoisotopic (exact) mass is 212 g/mol. The molecule has 0 bridgehead atoms. The fourth-order valence-electron chi connectivity index (χ4n) is 1.88. The molecular formula is C9H20N6. The maximum absolute atomic E-state index is 5.59. The molecule has 0 radical (unpaired) electrons. The van der Waals surface area contributed by atoms with E-state index in [2.05, 4.69) is 23.9 Å². The van der Waals surface area contributed by atoms with Gasteiger partial charge in [-0.1, -0.05) is 0 Å². The zero-order valence-corrected chi connectivity index (χ0v) is 9.35. The first-order chi connectivity index (χ1) is 7.00. The van der Waals surface area contributed by atoms with Crippen LogP contribution in [0.2, 0.25) is 0 Å². The molecule has 86 valence electrons. The molecule has 15 heavy (non-hydrogen) atoms. The Bertz CT molecular complexity index is 258. The molecule has 0 aliphatic carbocycles. The summed E-state index contributed by atoms with van der Waals surface area (Å²) >= 11 is 0. The maximum Gasteiger partial charge on any atom is 0.240 e. The number of piperidine rings is 1. The predicted octanol–water partition coefficient (Wildman–Crippen LogP) is -0.248. The third-order valence-electron chi connectivity index (χ3n) is 2.61. The van der Waals surface area contributed by atoms with Gasteiger partial charge in [-0.15, -0.1) is 5.10 Å². The van der Waals surface area contributed by atoms with Crippen LogP contribution >= 0.6 is 0 Å². The van der Waals surface area contributed by atoms with Crippen LogP contribution < -0.4 is 17.2 Å². The number of aliphatic imine (C=N–C) groups is 1. The van der Waals surface area contributed by atoms with Crippen LogP contribution in [0.4, 0.5) is 0 Å². The van der Waals surface area contributed by atoms with Crippen LogP contribution in [0.25, 0.3) is 0 Å². The lowest BCUT2D eigenvalue weighted by Crippen LogP contribution is -2.41. The van der Waals surface area contributed by atoms with Crippen LogP contribution in [-0.4, -0.2) is 29.0 Å². The van der Waals surface area contributed by atoms with E-state index < -0.39 is 0 Å². The molecule has 0 saturated carbocycles. The minimum absolute atomic E-state index is 0.0615. The van der Waals surface area contributed by atoms with Crippen molar-refractivity contribution in [2.75, 3.05) is 0 Å². The molecule has 0 aromatic rings. The smallest absolute Gasteiger partial charge is 0.240 e. The van der Waals surface area contributed by atoms with Gasteiger partial charge >= 0.3 is 0 Å². The molecule has 0 aromatic carbocycles. The highest BCUT2D eigenvalue weighted by atomic mass is 15.5. The lowest BCUT2D eigenvalue weighted by atomic mass is 10.00. The third kappa shape index (κ3) is 3.30. The van der Waals surface area contributed by atoms with Crippen molar-refractivity contribution < 1.29 is 0 Å². The first kappa shape index (κ1) is 11.6. The van der Waals surface area contributed by atoms with E-state index >= 15 is 0 Å². The van der Waals surface area contributed by atoms with Crippen molar-refractivity contribution in [2.24, 2.45) is 27.3 Å². The van der Waals surface area contributed by atoms with Crippen LogP contribution in [0.3, 0.4) is 0 Å². The Morgan fingerprint density at radius 2 is 1.67 bits per heavy atom. The van der Waals surface area contributed by atoms with Gasteiger partial charge in [0.05, 0.1) is 0 Å². The number of guanidine groups is 2. The van der Waals surface area contributed by atoms with E-state index in [1.807, 2.05) is 5.01 Å². The van der Waals surface area contributed by atoms with E-state index in [0.717, 1.165) is 12.8 Å². The summed E-state index contributed by atoms with van der Waals surface area (Å²) in [7, 11) is 0. The van der Waals surface area contributed by atoms with Crippen LogP contribution in [0.15, 0.2) is 10.1 Å². The zero-order valence-electron chi connectivity index (χ0n) is 9.35. The third-order valence-corrected chi connectivity index (χ3v) is 2.61. The van der Waals surface area contributed by atoms with E-state index in [0.29, 0.717) is 12.1 Å². The summed E-state index contributed by atoms with van der Waals surface area (Å²) in [5.41, 5.74) is 16.0. The molecule has 6 nitrogen and oxygen atoms in total. The molecule has 0 aromatic heterocycles. The summed E-state index contributed by atoms with van der Waals surface area (Å²) < 4.78 is 0. The molecule has 1 saturated heterocycles. The lowest BCUT2D eigenvalue weighted by molar-refractivity contribution is 0.108. The largest absolute Gasteiger partial charge is 0.370 e. The normalized spacial score (nSPS) is 27.6. The van der Waals surface area contributed by atoms with Crippen molar-refractivity contribution in [1.29, 1.82) is 0 Å². The number of nitrogens with two attached hydrogens (primary N) is 3. The Morgan fingerprint density at radius 1 is 1.13 bits per heavy atom. The van der Waals surface area contributed by atoms with Gasteiger partial charge in [-0.05, 0) is 33.1 Å². The first-order valence-corrected chi connectivity index (χ1v) is 5.22. The summed E-state index contributed by atoms with van der Waals surface area (Å²) in [5.74, 6) is 0.0594. The minimum Gasteiger partial charge on any atom is -0.370 e. The molecule has 1 rings (SSSR count). The Kier molecular flexibility index (Phi) is 3.76. The first-order valence-electron chi connectivity index (χ1n) is 5.22. The summed E-state index contributed by atoms with van der Waals surface area (Å²) in [6.07, 6.45) is 3.49. The van der Waals surface area contributed by atoms with Crippen molar-refractivity contribution in [2.45, 2.75) is 45.2 Å². The lowest BCUT2D eigenvalue weighted by Gasteiger charge is -2.36. The van der Waals surface area contributed by atoms with E-state index in [1.54, 1.807) is 0 Å². The number of hydrogen-bond donors (Lipinski definition) is 3. The molecule has 1 aliphatic rings. The number of hydrogen-bond acceptors (Lipinski definition) is 2. The van der Waals surface area contributed by atoms with Crippen molar-refractivity contribution in [3.8, 4) is 0 Å². The van der Waals surface area contributed by atoms with Gasteiger partial charge in [-0.3, -0.25) is 5.01 Å². The molecule has 1 aliphatic heterocycles. The van der Waals surface area contributed by atoms with E-state index in [9.17, 15) is 0 Å². The Hall–Kier alpha value is -1.46. The second kappa shape index (κ2) is 4.86. The van der Waals surface area contributed by atoms with Gasteiger partial charge in [0.1, 0.15) is 0 Å². The van der Waals surface area contributed by atoms with Crippen LogP contribution in [0.5, 0.6) is 0 Å². The second-order valence-electron chi connectivity index (χ2n) is 4.00. The Labute approximate surface area is 90.2 Å². The maximum atomic E-state index is 5.59. The van der Waals surface area contributed by atoms with Gasteiger partial charge in [0.2, 0.25) is 5.96 Å². The highest BCUT2D eigenvalue weighted by Gasteiger charge is 2.23. The zero-order chi connectivity index (χ0) is 11.4. The van der Waals surface area contributed by atoms with Crippen LogP contribution in [0, 0.1) is 0 Å². The Balaban J connectivity index is 2.73. The average Bonchev–Trinajstić information content (AvgIpc) is 2.10. The molecule has 6 N–H and O–H groups in total. The summed E-state index contributed by atoms with van der Waals surface area (Å²) in [6.45, 7) is 4.25. The number of nitrogens with zero attached hydrogens (tertiary/aromatic N) is 3. The topological polar surface area (TPSA) is 106 Å². The van der Waals surface area contributed by atoms with Gasteiger partial charge in [0.25, 0.3) is 0 Å². The van der Waals surface area contributed by atoms with Gasteiger partial charge in [-0.25, -0.2) is 0 Å². The molecule has 1 fully saturated rings. The standard InChI is InChI=1S/C9H20N6/c1-6-4-3-5-7(2)15(6)14-9(12)13-8(10)11/h6-7H,3-5H2,1-2H3,(H6,10,11,12,13,14). The van der Waals surface area contributed by atoms with Crippen molar-refractivity contribution in [1.82, 2.24) is 5.01 Å². The fraction of sp³-hybridized carbons (Fsp3) is 0.778. The minimum atomic E-state index is -0.0615. The van der Waals surface area contributed by atoms with Crippen molar-refractivity contribution in [3.63, 3.8) is 0 Å². The van der Waals surface area contributed by atoms with Gasteiger partial charge < -0.3 is 17.2 Å². The molecule has 0 amide bonds. The summed E-state index contributed by atoms with van der Waals surface area (Å²) in [6, 6.07) is 0.781. The van der Waals surface area contributed by atoms with E-state index in [-0.39, 0.29) is 11.9 Å². The number of hydrazone groups is 1. The molecule has 0 spiro atoms. The van der Waals surface area contributed by atoms with Gasteiger partial charge in [0, 0.05) is 12.1 Å². The van der Waals surface area contributed by atoms with Crippen molar-refractivity contribution in [3.05, 3.63) is 0 Å². The van der Waals surface area contributed by atoms with E-state index in [4.69, 9.17) is 17.2 Å². The van der Waals surface area contributed by atoms with Gasteiger partial charge in [-0.2, -0.15) is 4.99 Å². The second-order valence-corrected chi connectivity index (χ2v) is 4.00. The highest BCUT2D eigenvalue weighted by molar-refractivity contribution is 5.92. The molecule has 6 heteroatoms. The van der Waals surface area contributed by atoms with Crippen molar-refractivity contribution >= 4 is 11.9 Å². The molecule has 1 heterocycles.